The Morgan fingerprint density at radius 2 is 1.79 bits per heavy atom. The number of benzene rings is 2. The van der Waals surface area contributed by atoms with Crippen molar-refractivity contribution in [3.8, 4) is 22.9 Å². The molecule has 1 amide bonds. The van der Waals surface area contributed by atoms with Gasteiger partial charge in [-0.3, -0.25) is 4.72 Å². The van der Waals surface area contributed by atoms with Gasteiger partial charge >= 0.3 is 6.09 Å². The molecule has 0 aliphatic carbocycles. The van der Waals surface area contributed by atoms with Crippen LogP contribution >= 0.6 is 0 Å². The zero-order chi connectivity index (χ0) is 33.8. The fourth-order valence-corrected chi connectivity index (χ4v) is 6.05. The molecule has 248 valence electrons. The average molecular weight is 671 g/mol. The number of carbonyl (C=O) groups is 1. The van der Waals surface area contributed by atoms with E-state index in [1.54, 1.807) is 66.8 Å². The van der Waals surface area contributed by atoms with Crippen molar-refractivity contribution in [2.24, 2.45) is 0 Å². The first kappa shape index (κ1) is 33.4. The van der Waals surface area contributed by atoms with E-state index >= 15 is 13.2 Å². The van der Waals surface area contributed by atoms with Crippen LogP contribution < -0.4 is 14.8 Å². The summed E-state index contributed by atoms with van der Waals surface area (Å²) in [5, 5.41) is 3.22. The van der Waals surface area contributed by atoms with Gasteiger partial charge in [-0.2, -0.15) is 4.39 Å². The molecule has 1 aliphatic rings. The highest BCUT2D eigenvalue weighted by Gasteiger charge is 2.29. The van der Waals surface area contributed by atoms with Crippen LogP contribution in [0.15, 0.2) is 67.0 Å². The van der Waals surface area contributed by atoms with E-state index in [0.717, 1.165) is 12.8 Å². The number of aromatic nitrogens is 3. The maximum Gasteiger partial charge on any atom is 0.410 e. The number of anilines is 2. The van der Waals surface area contributed by atoms with Gasteiger partial charge < -0.3 is 19.7 Å². The van der Waals surface area contributed by atoms with Crippen LogP contribution in [0.1, 0.15) is 39.2 Å². The van der Waals surface area contributed by atoms with Gasteiger partial charge in [0.2, 0.25) is 27.7 Å². The number of halogens is 3. The van der Waals surface area contributed by atoms with Crippen LogP contribution in [0.3, 0.4) is 0 Å². The number of pyridine rings is 1. The summed E-state index contributed by atoms with van der Waals surface area (Å²) in [6.07, 6.45) is 3.90. The molecular weight excluding hydrogens is 637 g/mol. The highest BCUT2D eigenvalue weighted by Crippen LogP contribution is 2.36. The summed E-state index contributed by atoms with van der Waals surface area (Å²) in [4.78, 5) is 27.1. The van der Waals surface area contributed by atoms with E-state index < -0.39 is 56.4 Å². The lowest BCUT2D eigenvalue weighted by molar-refractivity contribution is 0.0206. The smallest absolute Gasteiger partial charge is 0.410 e. The number of rotatable bonds is 9. The third-order valence-electron chi connectivity index (χ3n) is 6.90. The highest BCUT2D eigenvalue weighted by molar-refractivity contribution is 7.91. The van der Waals surface area contributed by atoms with Gasteiger partial charge in [0, 0.05) is 37.6 Å². The van der Waals surface area contributed by atoms with Crippen molar-refractivity contribution in [1.82, 2.24) is 19.9 Å². The summed E-state index contributed by atoms with van der Waals surface area (Å²) in [6.45, 7) is 6.33. The minimum absolute atomic E-state index is 0.167. The number of likely N-dealkylation sites (tertiary alicyclic amines) is 1. The molecule has 1 aliphatic heterocycles. The largest absolute Gasteiger partial charge is 0.444 e. The molecule has 1 fully saturated rings. The molecule has 15 heteroatoms. The van der Waals surface area contributed by atoms with Crippen LogP contribution in [0.2, 0.25) is 0 Å². The Morgan fingerprint density at radius 3 is 2.53 bits per heavy atom. The van der Waals surface area contributed by atoms with Crippen molar-refractivity contribution in [3.05, 3.63) is 90.0 Å². The summed E-state index contributed by atoms with van der Waals surface area (Å²) in [6, 6.07) is 13.0. The van der Waals surface area contributed by atoms with Gasteiger partial charge in [0.15, 0.2) is 17.4 Å². The van der Waals surface area contributed by atoms with Crippen molar-refractivity contribution in [2.75, 3.05) is 23.1 Å². The normalized spacial score (nSPS) is 15.2. The third-order valence-corrected chi connectivity index (χ3v) is 8.13. The Hall–Kier alpha value is -4.92. The molecule has 2 N–H and O–H groups in total. The van der Waals surface area contributed by atoms with E-state index in [4.69, 9.17) is 9.47 Å². The summed E-state index contributed by atoms with van der Waals surface area (Å²) < 4.78 is 83.2. The van der Waals surface area contributed by atoms with E-state index in [1.165, 1.54) is 24.5 Å². The second kappa shape index (κ2) is 13.8. The van der Waals surface area contributed by atoms with E-state index in [1.807, 2.05) is 0 Å². The van der Waals surface area contributed by atoms with Crippen LogP contribution in [0.4, 0.5) is 29.6 Å². The predicted molar refractivity (Wildman–Crippen MR) is 169 cm³/mol. The molecule has 0 radical (unpaired) electrons. The fraction of sp³-hybridized carbons (Fsp3) is 0.312. The minimum atomic E-state index is -4.29. The summed E-state index contributed by atoms with van der Waals surface area (Å²) in [5.41, 5.74) is -0.872. The number of amides is 1. The topological polar surface area (TPSA) is 136 Å². The van der Waals surface area contributed by atoms with Crippen molar-refractivity contribution in [1.29, 1.82) is 0 Å². The Morgan fingerprint density at radius 1 is 1.02 bits per heavy atom. The van der Waals surface area contributed by atoms with Crippen molar-refractivity contribution >= 4 is 27.8 Å². The maximum atomic E-state index is 15.2. The van der Waals surface area contributed by atoms with E-state index in [2.05, 4.69) is 20.3 Å². The van der Waals surface area contributed by atoms with E-state index in [-0.39, 0.29) is 23.4 Å². The molecule has 0 spiro atoms. The van der Waals surface area contributed by atoms with Crippen molar-refractivity contribution in [2.45, 2.75) is 51.0 Å². The number of ether oxygens (including phenoxy) is 2. The number of nitrogens with zero attached hydrogens (tertiary/aromatic N) is 4. The molecule has 0 saturated carbocycles. The first-order valence-corrected chi connectivity index (χ1v) is 16.4. The second-order valence-corrected chi connectivity index (χ2v) is 13.6. The molecule has 11 nitrogen and oxygen atoms in total. The molecule has 3 heterocycles. The highest BCUT2D eigenvalue weighted by atomic mass is 32.2. The Balaban J connectivity index is 1.33. The standard InChI is InChI=1S/C32H33F3N6O5S/c1-32(2,3)46-31(42)41-16-8-11-21(18-41)38-30-37-15-13-24(39-30)22-12-7-14-36-29(22)45-25-17-23(33)28(27(35)26(25)34)40-47(43,44)19-20-9-5-4-6-10-20/h4-7,9-10,12-15,17,21,40H,8,11,16,18-19H2,1-3H3,(H,37,38,39). The molecule has 2 aromatic carbocycles. The Labute approximate surface area is 270 Å². The molecular formula is C32H33F3N6O5S. The molecule has 5 rings (SSSR count). The molecule has 1 saturated heterocycles. The monoisotopic (exact) mass is 670 g/mol. The van der Waals surface area contributed by atoms with Crippen LogP contribution in [-0.4, -0.2) is 59.1 Å². The molecule has 47 heavy (non-hydrogen) atoms. The number of carbonyl (C=O) groups excluding carboxylic acids is 1. The molecule has 1 atom stereocenters. The van der Waals surface area contributed by atoms with Crippen LogP contribution in [-0.2, 0) is 20.5 Å². The zero-order valence-corrected chi connectivity index (χ0v) is 26.7. The Bertz CT molecular complexity index is 1860. The second-order valence-electron chi connectivity index (χ2n) is 11.8. The first-order chi connectivity index (χ1) is 22.3. The summed E-state index contributed by atoms with van der Waals surface area (Å²) >= 11 is 0. The molecule has 0 bridgehead atoms. The third kappa shape index (κ3) is 8.67. The zero-order valence-electron chi connectivity index (χ0n) is 25.8. The summed E-state index contributed by atoms with van der Waals surface area (Å²) in [7, 11) is -4.29. The number of sulfonamides is 1. The average Bonchev–Trinajstić information content (AvgIpc) is 3.02. The van der Waals surface area contributed by atoms with Gasteiger partial charge in [-0.1, -0.05) is 30.3 Å². The predicted octanol–water partition coefficient (Wildman–Crippen LogP) is 6.50. The Kier molecular flexibility index (Phi) is 9.84. The van der Waals surface area contributed by atoms with Gasteiger partial charge in [0.25, 0.3) is 0 Å². The minimum Gasteiger partial charge on any atom is -0.444 e. The van der Waals surface area contributed by atoms with Gasteiger partial charge in [-0.05, 0) is 57.4 Å². The maximum absolute atomic E-state index is 15.2. The molecule has 1 unspecified atom stereocenters. The number of hydrogen-bond acceptors (Lipinski definition) is 9. The lowest BCUT2D eigenvalue weighted by Gasteiger charge is -2.34. The van der Waals surface area contributed by atoms with E-state index in [9.17, 15) is 13.2 Å². The lowest BCUT2D eigenvalue weighted by Crippen LogP contribution is -2.47. The summed E-state index contributed by atoms with van der Waals surface area (Å²) in [5.74, 6) is -6.22. The van der Waals surface area contributed by atoms with Crippen molar-refractivity contribution < 1.29 is 35.9 Å². The van der Waals surface area contributed by atoms with Crippen LogP contribution in [0.5, 0.6) is 11.6 Å². The number of piperidine rings is 1. The quantitative estimate of drug-likeness (QED) is 0.191. The van der Waals surface area contributed by atoms with Crippen molar-refractivity contribution in [3.63, 3.8) is 0 Å². The van der Waals surface area contributed by atoms with Crippen LogP contribution in [0.25, 0.3) is 11.3 Å². The fourth-order valence-electron chi connectivity index (χ4n) is 4.85. The number of hydrogen-bond donors (Lipinski definition) is 2. The van der Waals surface area contributed by atoms with E-state index in [0.29, 0.717) is 30.4 Å². The van der Waals surface area contributed by atoms with Gasteiger partial charge in [0.1, 0.15) is 11.3 Å². The van der Waals surface area contributed by atoms with Crippen LogP contribution in [0, 0.1) is 17.5 Å². The SMILES string of the molecule is CC(C)(C)OC(=O)N1CCCC(Nc2nccc(-c3cccnc3Oc3cc(F)c(NS(=O)(=O)Cc4ccccc4)c(F)c3F)n2)C1. The molecule has 4 aromatic rings. The number of nitrogens with one attached hydrogen (secondary N) is 2. The van der Waals surface area contributed by atoms with Gasteiger partial charge in [-0.15, -0.1) is 0 Å². The van der Waals surface area contributed by atoms with Gasteiger partial charge in [-0.25, -0.2) is 36.9 Å². The molecule has 2 aromatic heterocycles. The lowest BCUT2D eigenvalue weighted by atomic mass is 10.1. The first-order valence-electron chi connectivity index (χ1n) is 14.7. The van der Waals surface area contributed by atoms with Gasteiger partial charge in [0.05, 0.1) is 17.0 Å².